The van der Waals surface area contributed by atoms with Gasteiger partial charge in [-0.05, 0) is 74.2 Å². The van der Waals surface area contributed by atoms with Crippen LogP contribution >= 0.6 is 0 Å². The number of carboxylic acid groups (broad SMARTS) is 1. The van der Waals surface area contributed by atoms with Crippen molar-refractivity contribution in [3.8, 4) is 5.75 Å². The van der Waals surface area contributed by atoms with Gasteiger partial charge < -0.3 is 9.84 Å². The number of benzene rings is 2. The highest BCUT2D eigenvalue weighted by molar-refractivity contribution is 6.13. The Balaban J connectivity index is 1.86. The van der Waals surface area contributed by atoms with Gasteiger partial charge in [0.25, 0.3) is 0 Å². The Morgan fingerprint density at radius 1 is 1.19 bits per heavy atom. The summed E-state index contributed by atoms with van der Waals surface area (Å²) in [6.45, 7) is 2.94. The quantitative estimate of drug-likeness (QED) is 0.833. The molecule has 0 amide bonds. The molecular formula is C21H19FO4. The lowest BCUT2D eigenvalue weighted by atomic mass is 9.86. The smallest absolute Gasteiger partial charge is 0.347 e. The van der Waals surface area contributed by atoms with Gasteiger partial charge in [0.05, 0.1) is 0 Å². The first-order chi connectivity index (χ1) is 12.3. The fraction of sp³-hybridized carbons (Fsp3) is 0.238. The molecule has 26 heavy (non-hydrogen) atoms. The average Bonchev–Trinajstić information content (AvgIpc) is 2.57. The molecule has 0 saturated carbocycles. The molecule has 0 unspecified atom stereocenters. The second-order valence-corrected chi connectivity index (χ2v) is 6.79. The third kappa shape index (κ3) is 3.67. The topological polar surface area (TPSA) is 63.6 Å². The van der Waals surface area contributed by atoms with Gasteiger partial charge in [-0.2, -0.15) is 0 Å². The molecule has 134 valence electrons. The van der Waals surface area contributed by atoms with Crippen molar-refractivity contribution >= 4 is 17.8 Å². The van der Waals surface area contributed by atoms with E-state index in [1.807, 2.05) is 0 Å². The van der Waals surface area contributed by atoms with Crippen LogP contribution in [0.2, 0.25) is 0 Å². The van der Waals surface area contributed by atoms with Gasteiger partial charge in [0, 0.05) is 11.1 Å². The molecule has 0 saturated heterocycles. The molecule has 4 nitrogen and oxygen atoms in total. The molecule has 0 bridgehead atoms. The summed E-state index contributed by atoms with van der Waals surface area (Å²) in [6.07, 6.45) is 2.88. The van der Waals surface area contributed by atoms with Gasteiger partial charge in [-0.25, -0.2) is 9.18 Å². The number of allylic oxidation sites excluding steroid dienone is 1. The highest BCUT2D eigenvalue weighted by Crippen LogP contribution is 2.30. The molecule has 5 heteroatoms. The first kappa shape index (κ1) is 17.9. The normalized spacial score (nSPS) is 15.7. The van der Waals surface area contributed by atoms with Gasteiger partial charge in [0.1, 0.15) is 11.6 Å². The Morgan fingerprint density at radius 2 is 1.96 bits per heavy atom. The molecule has 0 aromatic heterocycles. The summed E-state index contributed by atoms with van der Waals surface area (Å²) in [6, 6.07) is 11.1. The maximum absolute atomic E-state index is 13.3. The van der Waals surface area contributed by atoms with E-state index in [1.54, 1.807) is 36.4 Å². The lowest BCUT2D eigenvalue weighted by molar-refractivity contribution is -0.152. The standard InChI is InChI=1S/C21H19FO4/c1-21(2,20(24)25)26-17-8-9-18-14(12-17)6-7-15(19(18)23)10-13-4-3-5-16(22)11-13/h3-5,8-12H,6-7H2,1-2H3,(H,24,25)/b15-10+. The molecule has 2 aromatic carbocycles. The van der Waals surface area contributed by atoms with Gasteiger partial charge in [-0.15, -0.1) is 0 Å². The molecule has 0 atom stereocenters. The van der Waals surface area contributed by atoms with Crippen molar-refractivity contribution in [1.29, 1.82) is 0 Å². The zero-order chi connectivity index (χ0) is 18.9. The number of aryl methyl sites for hydroxylation is 1. The summed E-state index contributed by atoms with van der Waals surface area (Å²) in [4.78, 5) is 23.9. The number of hydrogen-bond donors (Lipinski definition) is 1. The number of ketones is 1. The van der Waals surface area contributed by atoms with E-state index >= 15 is 0 Å². The predicted molar refractivity (Wildman–Crippen MR) is 95.8 cm³/mol. The van der Waals surface area contributed by atoms with E-state index < -0.39 is 11.6 Å². The molecule has 0 heterocycles. The van der Waals surface area contributed by atoms with Crippen molar-refractivity contribution in [1.82, 2.24) is 0 Å². The number of aliphatic carboxylic acids is 1. The Morgan fingerprint density at radius 3 is 2.65 bits per heavy atom. The van der Waals surface area contributed by atoms with Crippen LogP contribution < -0.4 is 4.74 Å². The average molecular weight is 354 g/mol. The molecule has 0 fully saturated rings. The Bertz CT molecular complexity index is 912. The van der Waals surface area contributed by atoms with E-state index in [0.717, 1.165) is 5.56 Å². The van der Waals surface area contributed by atoms with E-state index in [1.165, 1.54) is 26.0 Å². The van der Waals surface area contributed by atoms with E-state index in [2.05, 4.69) is 0 Å². The van der Waals surface area contributed by atoms with Crippen LogP contribution in [0.15, 0.2) is 48.0 Å². The molecule has 1 N–H and O–H groups in total. The van der Waals surface area contributed by atoms with Gasteiger partial charge in [0.2, 0.25) is 0 Å². The Kier molecular flexibility index (Phi) is 4.64. The fourth-order valence-electron chi connectivity index (χ4n) is 2.89. The van der Waals surface area contributed by atoms with Crippen molar-refractivity contribution in [2.75, 3.05) is 0 Å². The molecule has 2 aromatic rings. The van der Waals surface area contributed by atoms with Crippen molar-refractivity contribution in [3.05, 3.63) is 70.5 Å². The monoisotopic (exact) mass is 354 g/mol. The number of carbonyl (C=O) groups excluding carboxylic acids is 1. The van der Waals surface area contributed by atoms with E-state index in [-0.39, 0.29) is 11.6 Å². The van der Waals surface area contributed by atoms with Crippen molar-refractivity contribution < 1.29 is 23.8 Å². The zero-order valence-electron chi connectivity index (χ0n) is 14.6. The summed E-state index contributed by atoms with van der Waals surface area (Å²) >= 11 is 0. The summed E-state index contributed by atoms with van der Waals surface area (Å²) in [5.41, 5.74) is 1.32. The molecule has 0 radical (unpaired) electrons. The second kappa shape index (κ2) is 6.75. The van der Waals surface area contributed by atoms with Crippen LogP contribution in [0.5, 0.6) is 5.75 Å². The van der Waals surface area contributed by atoms with Crippen LogP contribution in [0.25, 0.3) is 6.08 Å². The van der Waals surface area contributed by atoms with Crippen LogP contribution in [-0.4, -0.2) is 22.5 Å². The van der Waals surface area contributed by atoms with Gasteiger partial charge >= 0.3 is 5.97 Å². The SMILES string of the molecule is CC(C)(Oc1ccc2c(c1)CC/C(=C\c1cccc(F)c1)C2=O)C(=O)O. The Labute approximate surface area is 150 Å². The van der Waals surface area contributed by atoms with Crippen LogP contribution in [0.4, 0.5) is 4.39 Å². The predicted octanol–water partition coefficient (Wildman–Crippen LogP) is 4.28. The third-order valence-corrected chi connectivity index (χ3v) is 4.35. The highest BCUT2D eigenvalue weighted by Gasteiger charge is 2.30. The van der Waals surface area contributed by atoms with E-state index in [9.17, 15) is 14.0 Å². The van der Waals surface area contributed by atoms with Crippen LogP contribution in [0.3, 0.4) is 0 Å². The zero-order valence-corrected chi connectivity index (χ0v) is 14.6. The molecule has 0 aliphatic heterocycles. The maximum atomic E-state index is 13.3. The number of halogens is 1. The first-order valence-corrected chi connectivity index (χ1v) is 8.32. The van der Waals surface area contributed by atoms with Crippen LogP contribution in [0.1, 0.15) is 41.8 Å². The second-order valence-electron chi connectivity index (χ2n) is 6.79. The van der Waals surface area contributed by atoms with Crippen molar-refractivity contribution in [2.45, 2.75) is 32.3 Å². The number of carbonyl (C=O) groups is 2. The lowest BCUT2D eigenvalue weighted by Crippen LogP contribution is -2.37. The fourth-order valence-corrected chi connectivity index (χ4v) is 2.89. The summed E-state index contributed by atoms with van der Waals surface area (Å²) in [5.74, 6) is -1.08. The van der Waals surface area contributed by atoms with Crippen molar-refractivity contribution in [3.63, 3.8) is 0 Å². The van der Waals surface area contributed by atoms with Gasteiger partial charge in [-0.3, -0.25) is 4.79 Å². The molecule has 1 aliphatic rings. The minimum absolute atomic E-state index is 0.0976. The number of Topliss-reactive ketones (excluding diaryl/α,β-unsaturated/α-hetero) is 1. The van der Waals surface area contributed by atoms with Gasteiger partial charge in [-0.1, -0.05) is 12.1 Å². The highest BCUT2D eigenvalue weighted by atomic mass is 19.1. The molecule has 0 spiro atoms. The minimum Gasteiger partial charge on any atom is -0.478 e. The minimum atomic E-state index is -1.35. The summed E-state index contributed by atoms with van der Waals surface area (Å²) in [5, 5.41) is 9.16. The van der Waals surface area contributed by atoms with Crippen molar-refractivity contribution in [2.24, 2.45) is 0 Å². The van der Waals surface area contributed by atoms with E-state index in [4.69, 9.17) is 9.84 Å². The first-order valence-electron chi connectivity index (χ1n) is 8.32. The van der Waals surface area contributed by atoms with Crippen LogP contribution in [-0.2, 0) is 11.2 Å². The lowest BCUT2D eigenvalue weighted by Gasteiger charge is -2.23. The summed E-state index contributed by atoms with van der Waals surface area (Å²) in [7, 11) is 0. The summed E-state index contributed by atoms with van der Waals surface area (Å²) < 4.78 is 18.9. The largest absolute Gasteiger partial charge is 0.478 e. The maximum Gasteiger partial charge on any atom is 0.347 e. The van der Waals surface area contributed by atoms with E-state index in [0.29, 0.717) is 35.3 Å². The third-order valence-electron chi connectivity index (χ3n) is 4.35. The number of rotatable bonds is 4. The molecule has 3 rings (SSSR count). The number of ether oxygens (including phenoxy) is 1. The molecule has 1 aliphatic carbocycles. The number of fused-ring (bicyclic) bond motifs is 1. The Hall–Kier alpha value is -2.95. The number of hydrogen-bond acceptors (Lipinski definition) is 3. The van der Waals surface area contributed by atoms with Crippen LogP contribution in [0, 0.1) is 5.82 Å². The molecular weight excluding hydrogens is 335 g/mol. The number of carboxylic acids is 1. The van der Waals surface area contributed by atoms with Gasteiger partial charge in [0.15, 0.2) is 11.4 Å².